The van der Waals surface area contributed by atoms with Gasteiger partial charge in [-0.2, -0.15) is 0 Å². The number of aliphatic hydroxyl groups excluding tert-OH is 1. The zero-order chi connectivity index (χ0) is 12.4. The molecule has 0 atom stereocenters. The van der Waals surface area contributed by atoms with Crippen molar-refractivity contribution in [2.75, 3.05) is 26.3 Å². The third-order valence-electron chi connectivity index (χ3n) is 3.57. The Hall–Kier alpha value is -1.26. The Bertz CT molecular complexity index is 414. The van der Waals surface area contributed by atoms with E-state index in [1.54, 1.807) is 0 Å². The van der Waals surface area contributed by atoms with Gasteiger partial charge >= 0.3 is 0 Å². The number of aliphatic hydroxyl groups is 1. The molecule has 4 heteroatoms. The molecular formula is C14H19NO3. The number of fused-ring (bicyclic) bond motifs is 1. The van der Waals surface area contributed by atoms with Crippen molar-refractivity contribution in [2.24, 2.45) is 0 Å². The molecule has 0 aliphatic carbocycles. The van der Waals surface area contributed by atoms with E-state index < -0.39 is 0 Å². The molecule has 3 rings (SSSR count). The lowest BCUT2D eigenvalue weighted by atomic mass is 10.1. The number of nitrogens with zero attached hydrogens (tertiary/aromatic N) is 1. The average molecular weight is 249 g/mol. The van der Waals surface area contributed by atoms with Crippen LogP contribution < -0.4 is 9.47 Å². The zero-order valence-electron chi connectivity index (χ0n) is 10.5. The van der Waals surface area contributed by atoms with E-state index in [1.165, 1.54) is 5.56 Å². The first kappa shape index (κ1) is 11.8. The molecule has 2 aliphatic rings. The summed E-state index contributed by atoms with van der Waals surface area (Å²) < 4.78 is 11.1. The van der Waals surface area contributed by atoms with Gasteiger partial charge < -0.3 is 14.6 Å². The average Bonchev–Trinajstić information content (AvgIpc) is 2.41. The van der Waals surface area contributed by atoms with Crippen LogP contribution in [-0.2, 0) is 6.54 Å². The standard InChI is InChI=1S/C14H19NO3/c16-12-3-5-15(6-4-12)10-11-1-2-13-14(9-11)18-8-7-17-13/h1-2,9,12,16H,3-8,10H2. The van der Waals surface area contributed by atoms with E-state index in [1.807, 2.05) is 6.07 Å². The minimum atomic E-state index is -0.110. The Morgan fingerprint density at radius 3 is 2.61 bits per heavy atom. The number of piperidine rings is 1. The van der Waals surface area contributed by atoms with Crippen molar-refractivity contribution >= 4 is 0 Å². The molecule has 2 aliphatic heterocycles. The van der Waals surface area contributed by atoms with E-state index >= 15 is 0 Å². The fourth-order valence-electron chi connectivity index (χ4n) is 2.52. The number of hydrogen-bond acceptors (Lipinski definition) is 4. The number of benzene rings is 1. The molecule has 0 bridgehead atoms. The van der Waals surface area contributed by atoms with Gasteiger partial charge in [-0.05, 0) is 30.5 Å². The molecule has 1 aromatic rings. The second-order valence-electron chi connectivity index (χ2n) is 4.99. The number of hydrogen-bond donors (Lipinski definition) is 1. The van der Waals surface area contributed by atoms with Crippen LogP contribution in [0, 0.1) is 0 Å². The van der Waals surface area contributed by atoms with Crippen LogP contribution in [0.25, 0.3) is 0 Å². The van der Waals surface area contributed by atoms with Crippen molar-refractivity contribution in [3.8, 4) is 11.5 Å². The summed E-state index contributed by atoms with van der Waals surface area (Å²) in [5.74, 6) is 1.70. The van der Waals surface area contributed by atoms with Gasteiger partial charge in [0.05, 0.1) is 6.10 Å². The maximum absolute atomic E-state index is 9.49. The molecule has 98 valence electrons. The Labute approximate surface area is 107 Å². The van der Waals surface area contributed by atoms with E-state index in [2.05, 4.69) is 17.0 Å². The summed E-state index contributed by atoms with van der Waals surface area (Å²) in [6.07, 6.45) is 1.65. The van der Waals surface area contributed by atoms with Crippen molar-refractivity contribution < 1.29 is 14.6 Å². The Balaban J connectivity index is 1.66. The van der Waals surface area contributed by atoms with Crippen LogP contribution in [0.2, 0.25) is 0 Å². The van der Waals surface area contributed by atoms with E-state index in [4.69, 9.17) is 9.47 Å². The molecule has 1 aromatic carbocycles. The maximum Gasteiger partial charge on any atom is 0.161 e. The van der Waals surface area contributed by atoms with E-state index in [9.17, 15) is 5.11 Å². The minimum Gasteiger partial charge on any atom is -0.486 e. The fraction of sp³-hybridized carbons (Fsp3) is 0.571. The molecule has 0 spiro atoms. The van der Waals surface area contributed by atoms with Gasteiger partial charge in [0, 0.05) is 19.6 Å². The molecule has 0 aromatic heterocycles. The van der Waals surface area contributed by atoms with E-state index in [-0.39, 0.29) is 6.10 Å². The fourth-order valence-corrected chi connectivity index (χ4v) is 2.52. The normalized spacial score (nSPS) is 20.9. The van der Waals surface area contributed by atoms with Gasteiger partial charge in [0.2, 0.25) is 0 Å². The van der Waals surface area contributed by atoms with Crippen LogP contribution in [0.1, 0.15) is 18.4 Å². The second-order valence-corrected chi connectivity index (χ2v) is 4.99. The van der Waals surface area contributed by atoms with E-state index in [0.717, 1.165) is 44.0 Å². The van der Waals surface area contributed by atoms with Crippen LogP contribution in [0.3, 0.4) is 0 Å². The summed E-state index contributed by atoms with van der Waals surface area (Å²) >= 11 is 0. The summed E-state index contributed by atoms with van der Waals surface area (Å²) in [7, 11) is 0. The molecular weight excluding hydrogens is 230 g/mol. The van der Waals surface area contributed by atoms with Crippen LogP contribution in [-0.4, -0.2) is 42.4 Å². The lowest BCUT2D eigenvalue weighted by molar-refractivity contribution is 0.0791. The first-order valence-corrected chi connectivity index (χ1v) is 6.60. The van der Waals surface area contributed by atoms with Crippen LogP contribution in [0.15, 0.2) is 18.2 Å². The third kappa shape index (κ3) is 2.60. The molecule has 1 saturated heterocycles. The smallest absolute Gasteiger partial charge is 0.161 e. The predicted octanol–water partition coefficient (Wildman–Crippen LogP) is 1.41. The van der Waals surface area contributed by atoms with Crippen LogP contribution >= 0.6 is 0 Å². The SMILES string of the molecule is OC1CCN(Cc2ccc3c(c2)OCCO3)CC1. The Morgan fingerprint density at radius 2 is 1.83 bits per heavy atom. The number of likely N-dealkylation sites (tertiary alicyclic amines) is 1. The lowest BCUT2D eigenvalue weighted by Gasteiger charge is -2.29. The Kier molecular flexibility index (Phi) is 3.39. The molecule has 1 N–H and O–H groups in total. The van der Waals surface area contributed by atoms with Crippen LogP contribution in [0.4, 0.5) is 0 Å². The lowest BCUT2D eigenvalue weighted by Crippen LogP contribution is -2.35. The second kappa shape index (κ2) is 5.16. The number of ether oxygens (including phenoxy) is 2. The molecule has 0 amide bonds. The predicted molar refractivity (Wildman–Crippen MR) is 67.9 cm³/mol. The summed E-state index contributed by atoms with van der Waals surface area (Å²) in [4.78, 5) is 2.37. The molecule has 0 saturated carbocycles. The molecule has 0 unspecified atom stereocenters. The monoisotopic (exact) mass is 249 g/mol. The largest absolute Gasteiger partial charge is 0.486 e. The van der Waals surface area contributed by atoms with Gasteiger partial charge in [0.25, 0.3) is 0 Å². The highest BCUT2D eigenvalue weighted by Crippen LogP contribution is 2.31. The van der Waals surface area contributed by atoms with E-state index in [0.29, 0.717) is 13.2 Å². The van der Waals surface area contributed by atoms with Gasteiger partial charge in [-0.1, -0.05) is 6.07 Å². The highest BCUT2D eigenvalue weighted by molar-refractivity contribution is 5.43. The van der Waals surface area contributed by atoms with Gasteiger partial charge in [-0.15, -0.1) is 0 Å². The molecule has 18 heavy (non-hydrogen) atoms. The van der Waals surface area contributed by atoms with Crippen molar-refractivity contribution in [3.05, 3.63) is 23.8 Å². The highest BCUT2D eigenvalue weighted by Gasteiger charge is 2.18. The van der Waals surface area contributed by atoms with Gasteiger partial charge in [-0.3, -0.25) is 4.90 Å². The van der Waals surface area contributed by atoms with Gasteiger partial charge in [0.1, 0.15) is 13.2 Å². The van der Waals surface area contributed by atoms with Gasteiger partial charge in [-0.25, -0.2) is 0 Å². The summed E-state index contributed by atoms with van der Waals surface area (Å²) in [6.45, 7) is 4.12. The minimum absolute atomic E-state index is 0.110. The first-order chi connectivity index (χ1) is 8.81. The maximum atomic E-state index is 9.49. The molecule has 4 nitrogen and oxygen atoms in total. The Morgan fingerprint density at radius 1 is 1.11 bits per heavy atom. The highest BCUT2D eigenvalue weighted by atomic mass is 16.6. The van der Waals surface area contributed by atoms with Gasteiger partial charge in [0.15, 0.2) is 11.5 Å². The summed E-state index contributed by atoms with van der Waals surface area (Å²) in [5.41, 5.74) is 1.25. The van der Waals surface area contributed by atoms with Crippen molar-refractivity contribution in [3.63, 3.8) is 0 Å². The molecule has 2 heterocycles. The first-order valence-electron chi connectivity index (χ1n) is 6.60. The zero-order valence-corrected chi connectivity index (χ0v) is 10.5. The number of rotatable bonds is 2. The molecule has 0 radical (unpaired) electrons. The topological polar surface area (TPSA) is 41.9 Å². The molecule has 1 fully saturated rings. The van der Waals surface area contributed by atoms with Crippen molar-refractivity contribution in [1.82, 2.24) is 4.90 Å². The summed E-state index contributed by atoms with van der Waals surface area (Å²) in [5, 5.41) is 9.49. The summed E-state index contributed by atoms with van der Waals surface area (Å²) in [6, 6.07) is 6.15. The quantitative estimate of drug-likeness (QED) is 0.860. The van der Waals surface area contributed by atoms with Crippen molar-refractivity contribution in [2.45, 2.75) is 25.5 Å². The van der Waals surface area contributed by atoms with Crippen molar-refractivity contribution in [1.29, 1.82) is 0 Å². The third-order valence-corrected chi connectivity index (χ3v) is 3.57. The van der Waals surface area contributed by atoms with Crippen LogP contribution in [0.5, 0.6) is 11.5 Å².